The van der Waals surface area contributed by atoms with Crippen LogP contribution < -0.4 is 9.46 Å². The third kappa shape index (κ3) is 4.85. The van der Waals surface area contributed by atoms with Crippen LogP contribution in [0.2, 0.25) is 0 Å². The van der Waals surface area contributed by atoms with Crippen molar-refractivity contribution in [3.63, 3.8) is 0 Å². The predicted octanol–water partition coefficient (Wildman–Crippen LogP) is 5.66. The summed E-state index contributed by atoms with van der Waals surface area (Å²) in [4.78, 5) is 3.54. The van der Waals surface area contributed by atoms with Crippen LogP contribution in [0.25, 0.3) is 22.3 Å². The topological polar surface area (TPSA) is 97.0 Å². The zero-order valence-electron chi connectivity index (χ0n) is 19.4. The number of nitrogens with one attached hydrogen (secondary N) is 1. The number of hydrogen-bond acceptors (Lipinski definition) is 5. The Hall–Kier alpha value is -3.31. The van der Waals surface area contributed by atoms with Crippen molar-refractivity contribution in [1.29, 1.82) is 5.26 Å². The number of benzene rings is 1. The molecule has 0 unspecified atom stereocenters. The molecule has 0 bridgehead atoms. The van der Waals surface area contributed by atoms with E-state index >= 15 is 0 Å². The molecule has 1 aliphatic carbocycles. The number of alkyl halides is 5. The second-order valence-corrected chi connectivity index (χ2v) is 10.8. The number of nitrogens with zero attached hydrogens (tertiary/aromatic N) is 3. The van der Waals surface area contributed by atoms with Gasteiger partial charge in [0.15, 0.2) is 11.6 Å². The van der Waals surface area contributed by atoms with E-state index < -0.39 is 44.8 Å². The quantitative estimate of drug-likeness (QED) is 0.386. The Kier molecular flexibility index (Phi) is 6.66. The third-order valence-electron chi connectivity index (χ3n) is 6.21. The zero-order chi connectivity index (χ0) is 27.3. The van der Waals surface area contributed by atoms with Crippen LogP contribution in [0.1, 0.15) is 44.7 Å². The van der Waals surface area contributed by atoms with Gasteiger partial charge in [-0.05, 0) is 51.3 Å². The van der Waals surface area contributed by atoms with Crippen LogP contribution in [0.15, 0.2) is 35.4 Å². The molecule has 7 nitrogen and oxygen atoms in total. The minimum atomic E-state index is -4.86. The molecule has 0 amide bonds. The van der Waals surface area contributed by atoms with Gasteiger partial charge < -0.3 is 9.30 Å². The van der Waals surface area contributed by atoms with Gasteiger partial charge in [-0.3, -0.25) is 4.98 Å². The molecule has 2 aromatic heterocycles. The normalized spacial score (nSPS) is 15.1. The van der Waals surface area contributed by atoms with Crippen molar-refractivity contribution in [3.05, 3.63) is 41.8 Å². The summed E-state index contributed by atoms with van der Waals surface area (Å²) in [5, 5.41) is 10.0. The molecule has 4 rings (SSSR count). The Morgan fingerprint density at radius 2 is 1.89 bits per heavy atom. The first kappa shape index (κ1) is 26.7. The highest BCUT2D eigenvalue weighted by atomic mass is 32.2. The monoisotopic (exact) mass is 546 g/mol. The smallest absolute Gasteiger partial charge is 0.407 e. The summed E-state index contributed by atoms with van der Waals surface area (Å²) >= 11 is 0. The number of halogens is 6. The number of aromatic nitrogens is 2. The van der Waals surface area contributed by atoms with Crippen LogP contribution in [0.3, 0.4) is 0 Å². The van der Waals surface area contributed by atoms with Gasteiger partial charge in [-0.25, -0.2) is 12.8 Å². The fourth-order valence-corrected chi connectivity index (χ4v) is 5.36. The maximum Gasteiger partial charge on any atom is 0.407 e. The number of hydrogen-bond donors (Lipinski definition) is 1. The maximum absolute atomic E-state index is 14.5. The second kappa shape index (κ2) is 9.21. The first-order chi connectivity index (χ1) is 17.2. The molecular weight excluding hydrogens is 526 g/mol. The van der Waals surface area contributed by atoms with Crippen molar-refractivity contribution >= 4 is 20.9 Å². The van der Waals surface area contributed by atoms with Gasteiger partial charge in [0.2, 0.25) is 10.0 Å². The highest BCUT2D eigenvalue weighted by Crippen LogP contribution is 2.43. The highest BCUT2D eigenvalue weighted by Gasteiger charge is 2.49. The summed E-state index contributed by atoms with van der Waals surface area (Å²) in [6.45, 7) is -1.93. The van der Waals surface area contributed by atoms with Crippen LogP contribution in [-0.2, 0) is 10.0 Å². The van der Waals surface area contributed by atoms with Gasteiger partial charge in [-0.15, -0.1) is 0 Å². The molecule has 1 saturated carbocycles. The Labute approximate surface area is 207 Å². The largest absolute Gasteiger partial charge is 0.432 e. The Bertz CT molecular complexity index is 1490. The summed E-state index contributed by atoms with van der Waals surface area (Å²) in [5.41, 5.74) is -2.24. The Balaban J connectivity index is 1.84. The van der Waals surface area contributed by atoms with Crippen molar-refractivity contribution in [2.45, 2.75) is 62.4 Å². The molecule has 37 heavy (non-hydrogen) atoms. The standard InChI is InChI=1S/C23H20F6N4O3S/c1-22(2,23(27,28)29)32-37(34,35)13-6-7-17(31-11-13)20-15(10-30)14-8-16(24)19(36-21(25)26)9-18(14)33(20)12-4-3-5-12/h6-9,11-12,21,32H,3-5H2,1-2H3. The number of ether oxygens (including phenoxy) is 1. The summed E-state index contributed by atoms with van der Waals surface area (Å²) < 4.78 is 112. The van der Waals surface area contributed by atoms with Gasteiger partial charge in [0.05, 0.1) is 22.5 Å². The predicted molar refractivity (Wildman–Crippen MR) is 120 cm³/mol. The van der Waals surface area contributed by atoms with Gasteiger partial charge >= 0.3 is 12.8 Å². The van der Waals surface area contributed by atoms with E-state index in [-0.39, 0.29) is 33.9 Å². The molecular formula is C23H20F6N4O3S. The van der Waals surface area contributed by atoms with E-state index in [9.17, 15) is 40.0 Å². The van der Waals surface area contributed by atoms with Crippen molar-refractivity contribution in [3.8, 4) is 23.2 Å². The van der Waals surface area contributed by atoms with Gasteiger partial charge in [0.25, 0.3) is 0 Å². The van der Waals surface area contributed by atoms with E-state index in [4.69, 9.17) is 0 Å². The van der Waals surface area contributed by atoms with Gasteiger partial charge in [-0.2, -0.15) is 31.9 Å². The molecule has 1 fully saturated rings. The zero-order valence-corrected chi connectivity index (χ0v) is 20.2. The first-order valence-corrected chi connectivity index (χ1v) is 12.4. The maximum atomic E-state index is 14.5. The van der Waals surface area contributed by atoms with Crippen molar-refractivity contribution in [1.82, 2.24) is 14.3 Å². The van der Waals surface area contributed by atoms with E-state index in [1.807, 2.05) is 6.07 Å². The molecule has 1 aromatic carbocycles. The molecule has 0 radical (unpaired) electrons. The van der Waals surface area contributed by atoms with E-state index in [0.29, 0.717) is 26.7 Å². The lowest BCUT2D eigenvalue weighted by molar-refractivity contribution is -0.180. The van der Waals surface area contributed by atoms with E-state index in [1.54, 1.807) is 9.29 Å². The van der Waals surface area contributed by atoms with Crippen LogP contribution in [0.5, 0.6) is 5.75 Å². The Morgan fingerprint density at radius 1 is 1.22 bits per heavy atom. The van der Waals surface area contributed by atoms with Crippen molar-refractivity contribution in [2.24, 2.45) is 0 Å². The summed E-state index contributed by atoms with van der Waals surface area (Å²) in [7, 11) is -4.62. The van der Waals surface area contributed by atoms with Gasteiger partial charge in [0, 0.05) is 23.7 Å². The van der Waals surface area contributed by atoms with E-state index in [1.165, 1.54) is 6.07 Å². The number of sulfonamides is 1. The molecule has 1 aliphatic rings. The molecule has 2 heterocycles. The molecule has 0 atom stereocenters. The molecule has 0 aliphatic heterocycles. The number of nitriles is 1. The fraction of sp³-hybridized carbons (Fsp3) is 0.391. The SMILES string of the molecule is CC(C)(NS(=O)(=O)c1ccc(-c2c(C#N)c3cc(F)c(OC(F)F)cc3n2C2CCC2)nc1)C(F)(F)F. The summed E-state index contributed by atoms with van der Waals surface area (Å²) in [6.07, 6.45) is -1.82. The lowest BCUT2D eigenvalue weighted by atomic mass is 9.92. The average molecular weight is 546 g/mol. The van der Waals surface area contributed by atoms with Crippen molar-refractivity contribution < 1.29 is 39.5 Å². The van der Waals surface area contributed by atoms with Crippen LogP contribution >= 0.6 is 0 Å². The average Bonchev–Trinajstić information content (AvgIpc) is 3.04. The fourth-order valence-electron chi connectivity index (χ4n) is 4.02. The lowest BCUT2D eigenvalue weighted by Crippen LogP contribution is -2.54. The summed E-state index contributed by atoms with van der Waals surface area (Å²) in [5.74, 6) is -1.81. The summed E-state index contributed by atoms with van der Waals surface area (Å²) in [6, 6.07) is 6.02. The minimum Gasteiger partial charge on any atom is -0.432 e. The molecule has 3 aromatic rings. The molecule has 0 saturated heterocycles. The van der Waals surface area contributed by atoms with E-state index in [0.717, 1.165) is 30.8 Å². The van der Waals surface area contributed by atoms with Crippen LogP contribution in [0, 0.1) is 17.1 Å². The third-order valence-corrected chi connectivity index (χ3v) is 7.85. The van der Waals surface area contributed by atoms with Crippen molar-refractivity contribution in [2.75, 3.05) is 0 Å². The van der Waals surface area contributed by atoms with Gasteiger partial charge in [0.1, 0.15) is 16.5 Å². The molecule has 14 heteroatoms. The second-order valence-electron chi connectivity index (χ2n) is 9.08. The van der Waals surface area contributed by atoms with E-state index in [2.05, 4.69) is 9.72 Å². The first-order valence-electron chi connectivity index (χ1n) is 11.0. The molecule has 198 valence electrons. The highest BCUT2D eigenvalue weighted by molar-refractivity contribution is 7.89. The number of rotatable bonds is 7. The number of pyridine rings is 1. The van der Waals surface area contributed by atoms with Gasteiger partial charge in [-0.1, -0.05) is 0 Å². The van der Waals surface area contributed by atoms with Crippen LogP contribution in [-0.4, -0.2) is 36.3 Å². The minimum absolute atomic E-state index is 0.0242. The van der Waals surface area contributed by atoms with Crippen LogP contribution in [0.4, 0.5) is 26.3 Å². The molecule has 0 spiro atoms. The Morgan fingerprint density at radius 3 is 2.38 bits per heavy atom. The number of fused-ring (bicyclic) bond motifs is 1. The molecule has 1 N–H and O–H groups in total. The lowest BCUT2D eigenvalue weighted by Gasteiger charge is -2.30.